The van der Waals surface area contributed by atoms with Crippen LogP contribution < -0.4 is 10.2 Å². The van der Waals surface area contributed by atoms with Crippen molar-refractivity contribution in [1.29, 1.82) is 0 Å². The van der Waals surface area contributed by atoms with Gasteiger partial charge in [0.15, 0.2) is 6.10 Å². The molecule has 1 aliphatic rings. The van der Waals surface area contributed by atoms with Gasteiger partial charge < -0.3 is 23.5 Å². The van der Waals surface area contributed by atoms with Crippen molar-refractivity contribution < 1.29 is 41.5 Å². The molecule has 0 radical (unpaired) electrons. The number of hydrogen-bond donors (Lipinski definition) is 0. The maximum absolute atomic E-state index is 14.6. The van der Waals surface area contributed by atoms with E-state index in [1.54, 1.807) is 32.9 Å². The van der Waals surface area contributed by atoms with Crippen LogP contribution in [0.15, 0.2) is 30.3 Å². The molecule has 0 aromatic heterocycles. The summed E-state index contributed by atoms with van der Waals surface area (Å²) in [6, 6.07) is 7.57. The minimum atomic E-state index is -4.79. The summed E-state index contributed by atoms with van der Waals surface area (Å²) in [5, 5.41) is 0. The van der Waals surface area contributed by atoms with Crippen LogP contribution in [0.5, 0.6) is 5.75 Å². The zero-order chi connectivity index (χ0) is 29.1. The van der Waals surface area contributed by atoms with Crippen LogP contribution in [0.4, 0.5) is 13.2 Å². The highest BCUT2D eigenvalue weighted by molar-refractivity contribution is 6.63. The van der Waals surface area contributed by atoms with Crippen molar-refractivity contribution in [3.63, 3.8) is 0 Å². The second kappa shape index (κ2) is 12.3. The summed E-state index contributed by atoms with van der Waals surface area (Å²) < 4.78 is 72.8. The zero-order valence-corrected chi connectivity index (χ0v) is 23.9. The van der Waals surface area contributed by atoms with Crippen molar-refractivity contribution in [1.82, 2.24) is 0 Å². The van der Waals surface area contributed by atoms with Gasteiger partial charge in [-0.25, -0.2) is 4.79 Å². The topological polar surface area (TPSA) is 63.2 Å². The smallest absolute Gasteiger partial charge is 0.493 e. The molecule has 2 aromatic carbocycles. The molecule has 0 saturated carbocycles. The molecule has 0 fully saturated rings. The van der Waals surface area contributed by atoms with E-state index in [-0.39, 0.29) is 23.3 Å². The van der Waals surface area contributed by atoms with Gasteiger partial charge in [0.05, 0.1) is 24.9 Å². The SMILES string of the molecule is COC(=O)C(OC(C)(C)C)c1c(C(F)(F)F)ccc(B(OC(C)C)OC(C)C)c1-c1ccc2c(c1)CCCO2. The van der Waals surface area contributed by atoms with Crippen LogP contribution in [-0.4, -0.2) is 44.6 Å². The molecule has 214 valence electrons. The molecule has 3 rings (SSSR count). The molecule has 0 N–H and O–H groups in total. The van der Waals surface area contributed by atoms with Gasteiger partial charge in [0, 0.05) is 17.8 Å². The number of methoxy groups -OCH3 is 1. The van der Waals surface area contributed by atoms with Gasteiger partial charge in [-0.15, -0.1) is 0 Å². The average Bonchev–Trinajstić information content (AvgIpc) is 2.83. The Balaban J connectivity index is 2.47. The zero-order valence-electron chi connectivity index (χ0n) is 23.9. The molecule has 2 aromatic rings. The quantitative estimate of drug-likeness (QED) is 0.271. The van der Waals surface area contributed by atoms with Crippen LogP contribution in [0.2, 0.25) is 0 Å². The Morgan fingerprint density at radius 2 is 1.64 bits per heavy atom. The minimum Gasteiger partial charge on any atom is -0.493 e. The van der Waals surface area contributed by atoms with E-state index in [2.05, 4.69) is 0 Å². The predicted octanol–water partition coefficient (Wildman–Crippen LogP) is 6.27. The second-order valence-corrected chi connectivity index (χ2v) is 11.1. The molecule has 0 aliphatic carbocycles. The molecule has 0 saturated heterocycles. The summed E-state index contributed by atoms with van der Waals surface area (Å²) in [5.41, 5.74) is -0.475. The van der Waals surface area contributed by atoms with Gasteiger partial charge in [0.25, 0.3) is 0 Å². The number of ether oxygens (including phenoxy) is 3. The summed E-state index contributed by atoms with van der Waals surface area (Å²) in [5.74, 6) is -0.259. The van der Waals surface area contributed by atoms with Crippen LogP contribution in [0.25, 0.3) is 11.1 Å². The van der Waals surface area contributed by atoms with Crippen LogP contribution in [-0.2, 0) is 36.2 Å². The Labute approximate surface area is 229 Å². The lowest BCUT2D eigenvalue weighted by atomic mass is 9.70. The van der Waals surface area contributed by atoms with Crippen molar-refractivity contribution >= 4 is 18.6 Å². The van der Waals surface area contributed by atoms with Crippen LogP contribution in [0.3, 0.4) is 0 Å². The van der Waals surface area contributed by atoms with Gasteiger partial charge >= 0.3 is 19.3 Å². The van der Waals surface area contributed by atoms with Crippen molar-refractivity contribution in [2.45, 2.75) is 91.4 Å². The molecule has 1 atom stereocenters. The van der Waals surface area contributed by atoms with Crippen LogP contribution in [0, 0.1) is 0 Å². The Morgan fingerprint density at radius 3 is 2.18 bits per heavy atom. The van der Waals surface area contributed by atoms with E-state index in [1.807, 2.05) is 33.8 Å². The maximum atomic E-state index is 14.6. The van der Waals surface area contributed by atoms with Crippen LogP contribution in [0.1, 0.15) is 77.7 Å². The third-order valence-electron chi connectivity index (χ3n) is 5.97. The van der Waals surface area contributed by atoms with Crippen molar-refractivity contribution in [3.05, 3.63) is 47.0 Å². The summed E-state index contributed by atoms with van der Waals surface area (Å²) in [6.07, 6.45) is -5.57. The third kappa shape index (κ3) is 7.77. The number of carbonyl (C=O) groups excluding carboxylic acids is 1. The molecular formula is C29H38BF3O6. The number of halogens is 3. The lowest BCUT2D eigenvalue weighted by Gasteiger charge is -2.32. The summed E-state index contributed by atoms with van der Waals surface area (Å²) in [7, 11) is 0.113. The first-order valence-corrected chi connectivity index (χ1v) is 13.2. The van der Waals surface area contributed by atoms with E-state index in [9.17, 15) is 18.0 Å². The standard InChI is InChI=1S/C29H38BF3O6/c1-17(2)38-30(39-18(3)4)22-13-12-21(29(31,32)33)25(26(27(34)35-8)37-28(5,6)7)24(22)20-11-14-23-19(16-20)10-9-15-36-23/h11-14,16-18,26H,9-10,15H2,1-8H3. The molecule has 10 heteroatoms. The van der Waals surface area contributed by atoms with Crippen molar-refractivity contribution in [2.24, 2.45) is 0 Å². The summed E-state index contributed by atoms with van der Waals surface area (Å²) >= 11 is 0. The first kappa shape index (κ1) is 31.0. The molecular weight excluding hydrogens is 512 g/mol. The van der Waals surface area contributed by atoms with Gasteiger partial charge in [-0.05, 0) is 102 Å². The maximum Gasteiger partial charge on any atom is 0.494 e. The summed E-state index contributed by atoms with van der Waals surface area (Å²) in [4.78, 5) is 13.1. The van der Waals surface area contributed by atoms with E-state index < -0.39 is 36.5 Å². The molecule has 0 bridgehead atoms. The second-order valence-electron chi connectivity index (χ2n) is 11.1. The Morgan fingerprint density at radius 1 is 1.00 bits per heavy atom. The lowest BCUT2D eigenvalue weighted by molar-refractivity contribution is -0.166. The van der Waals surface area contributed by atoms with Crippen molar-refractivity contribution in [2.75, 3.05) is 13.7 Å². The predicted molar refractivity (Wildman–Crippen MR) is 144 cm³/mol. The first-order valence-electron chi connectivity index (χ1n) is 13.2. The largest absolute Gasteiger partial charge is 0.494 e. The minimum absolute atomic E-state index is 0.157. The molecule has 0 amide bonds. The molecule has 1 unspecified atom stereocenters. The number of benzene rings is 2. The molecule has 1 aliphatic heterocycles. The number of carbonyl (C=O) groups is 1. The van der Waals surface area contributed by atoms with Gasteiger partial charge in [-0.3, -0.25) is 0 Å². The Hall–Kier alpha value is -2.56. The molecule has 0 spiro atoms. The fourth-order valence-electron chi connectivity index (χ4n) is 4.55. The lowest BCUT2D eigenvalue weighted by Crippen LogP contribution is -2.43. The fourth-order valence-corrected chi connectivity index (χ4v) is 4.55. The van der Waals surface area contributed by atoms with Crippen molar-refractivity contribution in [3.8, 4) is 16.9 Å². The number of aryl methyl sites for hydroxylation is 1. The molecule has 39 heavy (non-hydrogen) atoms. The Kier molecular flexibility index (Phi) is 9.78. The number of rotatable bonds is 9. The summed E-state index contributed by atoms with van der Waals surface area (Å²) in [6.45, 7) is 12.8. The molecule has 6 nitrogen and oxygen atoms in total. The number of fused-ring (bicyclic) bond motifs is 1. The van der Waals surface area contributed by atoms with E-state index in [1.165, 1.54) is 6.07 Å². The van der Waals surface area contributed by atoms with Gasteiger partial charge in [0.2, 0.25) is 0 Å². The highest BCUT2D eigenvalue weighted by atomic mass is 19.4. The molecule has 1 heterocycles. The highest BCUT2D eigenvalue weighted by Gasteiger charge is 2.43. The third-order valence-corrected chi connectivity index (χ3v) is 5.97. The Bertz CT molecular complexity index is 1150. The number of hydrogen-bond acceptors (Lipinski definition) is 6. The van der Waals surface area contributed by atoms with Gasteiger partial charge in [0.1, 0.15) is 5.75 Å². The fraction of sp³-hybridized carbons (Fsp3) is 0.552. The monoisotopic (exact) mass is 550 g/mol. The first-order chi connectivity index (χ1) is 18.1. The van der Waals surface area contributed by atoms with Gasteiger partial charge in [-0.1, -0.05) is 12.1 Å². The van der Waals surface area contributed by atoms with E-state index in [0.717, 1.165) is 25.2 Å². The van der Waals surface area contributed by atoms with E-state index >= 15 is 0 Å². The highest BCUT2D eigenvalue weighted by Crippen LogP contribution is 2.43. The normalized spacial score (nSPS) is 14.7. The average molecular weight is 550 g/mol. The van der Waals surface area contributed by atoms with E-state index in [4.69, 9.17) is 23.5 Å². The van der Waals surface area contributed by atoms with E-state index in [0.29, 0.717) is 29.8 Å². The van der Waals surface area contributed by atoms with Gasteiger partial charge in [-0.2, -0.15) is 13.2 Å². The van der Waals surface area contributed by atoms with Crippen LogP contribution >= 0.6 is 0 Å². The number of alkyl halides is 3. The number of esters is 1.